The summed E-state index contributed by atoms with van der Waals surface area (Å²) in [6, 6.07) is 0. The SMILES string of the molecule is CC(CN)CN(C)CCC1CCCC1. The maximum Gasteiger partial charge on any atom is 0.00160 e. The molecule has 14 heavy (non-hydrogen) atoms. The summed E-state index contributed by atoms with van der Waals surface area (Å²) in [5.74, 6) is 1.66. The van der Waals surface area contributed by atoms with Crippen molar-refractivity contribution in [3.8, 4) is 0 Å². The molecule has 1 aliphatic rings. The zero-order valence-corrected chi connectivity index (χ0v) is 9.84. The minimum Gasteiger partial charge on any atom is -0.330 e. The van der Waals surface area contributed by atoms with Crippen molar-refractivity contribution in [1.82, 2.24) is 4.90 Å². The largest absolute Gasteiger partial charge is 0.330 e. The van der Waals surface area contributed by atoms with Crippen LogP contribution >= 0.6 is 0 Å². The molecule has 0 heterocycles. The Hall–Kier alpha value is -0.0800. The molecule has 2 nitrogen and oxygen atoms in total. The lowest BCUT2D eigenvalue weighted by Crippen LogP contribution is -2.29. The monoisotopic (exact) mass is 198 g/mol. The zero-order chi connectivity index (χ0) is 10.4. The molecule has 0 spiro atoms. The Morgan fingerprint density at radius 1 is 1.36 bits per heavy atom. The second-order valence-corrected chi connectivity index (χ2v) is 5.04. The molecule has 1 atom stereocenters. The average molecular weight is 198 g/mol. The van der Waals surface area contributed by atoms with Crippen LogP contribution in [0.3, 0.4) is 0 Å². The Balaban J connectivity index is 2.04. The molecule has 2 heteroatoms. The molecule has 0 aliphatic heterocycles. The normalized spacial score (nSPS) is 20.6. The van der Waals surface area contributed by atoms with Gasteiger partial charge in [0.1, 0.15) is 0 Å². The van der Waals surface area contributed by atoms with Gasteiger partial charge in [-0.1, -0.05) is 32.6 Å². The Bertz CT molecular complexity index is 141. The summed E-state index contributed by atoms with van der Waals surface area (Å²) in [4.78, 5) is 2.44. The smallest absolute Gasteiger partial charge is 0.00160 e. The van der Waals surface area contributed by atoms with Crippen molar-refractivity contribution >= 4 is 0 Å². The predicted octanol–water partition coefficient (Wildman–Crippen LogP) is 2.09. The quantitative estimate of drug-likeness (QED) is 0.708. The highest BCUT2D eigenvalue weighted by atomic mass is 15.1. The zero-order valence-electron chi connectivity index (χ0n) is 9.84. The van der Waals surface area contributed by atoms with Gasteiger partial charge in [-0.25, -0.2) is 0 Å². The molecule has 1 saturated carbocycles. The van der Waals surface area contributed by atoms with Crippen LogP contribution < -0.4 is 5.73 Å². The summed E-state index contributed by atoms with van der Waals surface area (Å²) in [7, 11) is 2.22. The number of hydrogen-bond acceptors (Lipinski definition) is 2. The summed E-state index contributed by atoms with van der Waals surface area (Å²) < 4.78 is 0. The van der Waals surface area contributed by atoms with Crippen LogP contribution in [0.25, 0.3) is 0 Å². The van der Waals surface area contributed by atoms with Gasteiger partial charge in [0, 0.05) is 6.54 Å². The molecule has 0 saturated heterocycles. The van der Waals surface area contributed by atoms with Crippen LogP contribution in [0.2, 0.25) is 0 Å². The third kappa shape index (κ3) is 4.43. The molecule has 0 aromatic carbocycles. The van der Waals surface area contributed by atoms with E-state index >= 15 is 0 Å². The standard InChI is InChI=1S/C12H26N2/c1-11(9-13)10-14(2)8-7-12-5-3-4-6-12/h11-12H,3-10,13H2,1-2H3. The molecule has 0 aromatic rings. The number of hydrogen-bond donors (Lipinski definition) is 1. The van der Waals surface area contributed by atoms with E-state index in [2.05, 4.69) is 18.9 Å². The summed E-state index contributed by atoms with van der Waals surface area (Å²) in [5, 5.41) is 0. The van der Waals surface area contributed by atoms with Crippen LogP contribution in [0.4, 0.5) is 0 Å². The van der Waals surface area contributed by atoms with Crippen molar-refractivity contribution in [2.45, 2.75) is 39.0 Å². The van der Waals surface area contributed by atoms with Crippen molar-refractivity contribution in [3.05, 3.63) is 0 Å². The molecule has 2 N–H and O–H groups in total. The van der Waals surface area contributed by atoms with Crippen LogP contribution in [-0.4, -0.2) is 31.6 Å². The van der Waals surface area contributed by atoms with Crippen molar-refractivity contribution < 1.29 is 0 Å². The number of nitrogens with zero attached hydrogens (tertiary/aromatic N) is 1. The highest BCUT2D eigenvalue weighted by molar-refractivity contribution is 4.69. The summed E-state index contributed by atoms with van der Waals surface area (Å²) in [6.07, 6.45) is 7.27. The Kier molecular flexibility index (Phi) is 5.49. The summed E-state index contributed by atoms with van der Waals surface area (Å²) >= 11 is 0. The number of nitrogens with two attached hydrogens (primary N) is 1. The molecule has 1 aliphatic carbocycles. The molecule has 84 valence electrons. The lowest BCUT2D eigenvalue weighted by Gasteiger charge is -2.21. The van der Waals surface area contributed by atoms with Crippen molar-refractivity contribution in [2.24, 2.45) is 17.6 Å². The highest BCUT2D eigenvalue weighted by Crippen LogP contribution is 2.27. The first-order valence-corrected chi connectivity index (χ1v) is 6.11. The summed E-state index contributed by atoms with van der Waals surface area (Å²) in [5.41, 5.74) is 5.61. The third-order valence-electron chi connectivity index (χ3n) is 3.42. The maximum absolute atomic E-state index is 5.61. The van der Waals surface area contributed by atoms with Gasteiger partial charge in [-0.05, 0) is 38.4 Å². The minimum atomic E-state index is 0.642. The van der Waals surface area contributed by atoms with E-state index in [0.717, 1.165) is 19.0 Å². The van der Waals surface area contributed by atoms with Gasteiger partial charge in [0.2, 0.25) is 0 Å². The van der Waals surface area contributed by atoms with Crippen LogP contribution in [0.1, 0.15) is 39.0 Å². The van der Waals surface area contributed by atoms with Crippen LogP contribution in [-0.2, 0) is 0 Å². The Morgan fingerprint density at radius 2 is 2.00 bits per heavy atom. The van der Waals surface area contributed by atoms with Gasteiger partial charge >= 0.3 is 0 Å². The molecule has 0 amide bonds. The van der Waals surface area contributed by atoms with Gasteiger partial charge < -0.3 is 10.6 Å². The van der Waals surface area contributed by atoms with E-state index in [0.29, 0.717) is 5.92 Å². The number of rotatable bonds is 6. The Morgan fingerprint density at radius 3 is 2.57 bits per heavy atom. The molecule has 1 rings (SSSR count). The van der Waals surface area contributed by atoms with E-state index in [4.69, 9.17) is 5.73 Å². The topological polar surface area (TPSA) is 29.3 Å². The van der Waals surface area contributed by atoms with E-state index in [9.17, 15) is 0 Å². The van der Waals surface area contributed by atoms with Gasteiger partial charge in [-0.2, -0.15) is 0 Å². The van der Waals surface area contributed by atoms with Gasteiger partial charge in [0.05, 0.1) is 0 Å². The van der Waals surface area contributed by atoms with Gasteiger partial charge in [0.25, 0.3) is 0 Å². The molecular weight excluding hydrogens is 172 g/mol. The van der Waals surface area contributed by atoms with E-state index in [-0.39, 0.29) is 0 Å². The fraction of sp³-hybridized carbons (Fsp3) is 1.00. The van der Waals surface area contributed by atoms with Crippen molar-refractivity contribution in [3.63, 3.8) is 0 Å². The summed E-state index contributed by atoms with van der Waals surface area (Å²) in [6.45, 7) is 5.46. The molecule has 1 unspecified atom stereocenters. The lowest BCUT2D eigenvalue weighted by atomic mass is 10.0. The van der Waals surface area contributed by atoms with Crippen molar-refractivity contribution in [1.29, 1.82) is 0 Å². The van der Waals surface area contributed by atoms with E-state index in [1.165, 1.54) is 38.6 Å². The van der Waals surface area contributed by atoms with Gasteiger partial charge in [0.15, 0.2) is 0 Å². The molecule has 0 bridgehead atoms. The molecular formula is C12H26N2. The molecule has 0 radical (unpaired) electrons. The first-order chi connectivity index (χ1) is 6.72. The molecule has 0 aromatic heterocycles. The van der Waals surface area contributed by atoms with Gasteiger partial charge in [-0.15, -0.1) is 0 Å². The maximum atomic E-state index is 5.61. The second-order valence-electron chi connectivity index (χ2n) is 5.04. The fourth-order valence-corrected chi connectivity index (χ4v) is 2.40. The van der Waals surface area contributed by atoms with E-state index in [1.807, 2.05) is 0 Å². The first-order valence-electron chi connectivity index (χ1n) is 6.11. The van der Waals surface area contributed by atoms with Crippen LogP contribution in [0.5, 0.6) is 0 Å². The van der Waals surface area contributed by atoms with E-state index < -0.39 is 0 Å². The average Bonchev–Trinajstić information content (AvgIpc) is 2.67. The van der Waals surface area contributed by atoms with E-state index in [1.54, 1.807) is 0 Å². The molecule has 1 fully saturated rings. The predicted molar refractivity (Wildman–Crippen MR) is 62.3 cm³/mol. The lowest BCUT2D eigenvalue weighted by molar-refractivity contribution is 0.266. The van der Waals surface area contributed by atoms with Gasteiger partial charge in [-0.3, -0.25) is 0 Å². The van der Waals surface area contributed by atoms with Crippen LogP contribution in [0, 0.1) is 11.8 Å². The second kappa shape index (κ2) is 6.41. The Labute approximate surface area is 88.8 Å². The van der Waals surface area contributed by atoms with Crippen molar-refractivity contribution in [2.75, 3.05) is 26.7 Å². The minimum absolute atomic E-state index is 0.642. The fourth-order valence-electron chi connectivity index (χ4n) is 2.40. The first kappa shape index (κ1) is 12.0. The highest BCUT2D eigenvalue weighted by Gasteiger charge is 2.15. The third-order valence-corrected chi connectivity index (χ3v) is 3.42. The van der Waals surface area contributed by atoms with Crippen LogP contribution in [0.15, 0.2) is 0 Å².